The molecule has 2 N–H and O–H groups in total. The quantitative estimate of drug-likeness (QED) is 0.822. The number of carbonyl (C=O) groups excluding carboxylic acids is 2. The van der Waals surface area contributed by atoms with E-state index in [0.29, 0.717) is 22.1 Å². The Morgan fingerprint density at radius 1 is 1.00 bits per heavy atom. The van der Waals surface area contributed by atoms with Crippen LogP contribution in [0, 0.1) is 0 Å². The van der Waals surface area contributed by atoms with Crippen LogP contribution in [0.25, 0.3) is 0 Å². The summed E-state index contributed by atoms with van der Waals surface area (Å²) in [7, 11) is 1.46. The number of hydrogen-bond acceptors (Lipinski definition) is 4. The zero-order valence-electron chi connectivity index (χ0n) is 12.3. The van der Waals surface area contributed by atoms with Gasteiger partial charge in [-0.1, -0.05) is 35.9 Å². The zero-order valence-corrected chi connectivity index (χ0v) is 13.1. The minimum atomic E-state index is -0.520. The van der Waals surface area contributed by atoms with Crippen LogP contribution in [0.4, 0.5) is 0 Å². The number of carbonyl (C=O) groups is 2. The Labute approximate surface area is 138 Å². The number of hydrogen-bond donors (Lipinski definition) is 2. The van der Waals surface area contributed by atoms with Crippen LogP contribution >= 0.6 is 11.6 Å². The van der Waals surface area contributed by atoms with Gasteiger partial charge in [0.25, 0.3) is 11.8 Å². The van der Waals surface area contributed by atoms with Crippen LogP contribution < -0.4 is 20.3 Å². The molecule has 0 aromatic heterocycles. The molecule has 0 heterocycles. The standard InChI is InChI=1S/C16H15ClN2O4/c1-22-13-8-4-2-6-11(13)16(21)19-18-15(20)10-23-14-9-5-3-7-12(14)17/h2-9H,10H2,1H3,(H,18,20)(H,19,21). The molecule has 2 amide bonds. The minimum Gasteiger partial charge on any atom is -0.496 e. The molecule has 0 fully saturated rings. The second-order valence-corrected chi connectivity index (χ2v) is 4.83. The number of amides is 2. The molecule has 6 nitrogen and oxygen atoms in total. The third kappa shape index (κ3) is 4.62. The molecule has 0 aliphatic heterocycles. The Morgan fingerprint density at radius 3 is 2.35 bits per heavy atom. The van der Waals surface area contributed by atoms with Crippen molar-refractivity contribution < 1.29 is 19.1 Å². The van der Waals surface area contributed by atoms with Crippen molar-refractivity contribution in [2.45, 2.75) is 0 Å². The third-order valence-corrected chi connectivity index (χ3v) is 3.17. The average Bonchev–Trinajstić information content (AvgIpc) is 2.58. The number of benzene rings is 2. The molecule has 0 aliphatic rings. The first-order valence-corrected chi connectivity index (χ1v) is 7.09. The van der Waals surface area contributed by atoms with Crippen molar-refractivity contribution in [3.63, 3.8) is 0 Å². The van der Waals surface area contributed by atoms with Gasteiger partial charge in [-0.15, -0.1) is 0 Å². The van der Waals surface area contributed by atoms with Gasteiger partial charge in [-0.25, -0.2) is 0 Å². The summed E-state index contributed by atoms with van der Waals surface area (Å²) >= 11 is 5.91. The zero-order chi connectivity index (χ0) is 16.7. The smallest absolute Gasteiger partial charge is 0.276 e. The molecule has 0 saturated heterocycles. The van der Waals surface area contributed by atoms with Gasteiger partial charge >= 0.3 is 0 Å². The first-order chi connectivity index (χ1) is 11.1. The molecule has 0 atom stereocenters. The molecule has 2 aromatic rings. The molecule has 0 radical (unpaired) electrons. The number of nitrogens with one attached hydrogen (secondary N) is 2. The van der Waals surface area contributed by atoms with E-state index in [2.05, 4.69) is 10.9 Å². The fourth-order valence-corrected chi connectivity index (χ4v) is 1.96. The highest BCUT2D eigenvalue weighted by Crippen LogP contribution is 2.22. The van der Waals surface area contributed by atoms with E-state index in [4.69, 9.17) is 21.1 Å². The summed E-state index contributed by atoms with van der Waals surface area (Å²) in [6.45, 7) is -0.282. The molecular weight excluding hydrogens is 320 g/mol. The molecule has 0 saturated carbocycles. The lowest BCUT2D eigenvalue weighted by Crippen LogP contribution is -2.43. The van der Waals surface area contributed by atoms with Gasteiger partial charge in [-0.2, -0.15) is 0 Å². The van der Waals surface area contributed by atoms with Gasteiger partial charge in [0.2, 0.25) is 0 Å². The largest absolute Gasteiger partial charge is 0.496 e. The van der Waals surface area contributed by atoms with E-state index in [9.17, 15) is 9.59 Å². The van der Waals surface area contributed by atoms with Crippen LogP contribution in [-0.4, -0.2) is 25.5 Å². The van der Waals surface area contributed by atoms with Crippen LogP contribution in [0.15, 0.2) is 48.5 Å². The summed E-state index contributed by atoms with van der Waals surface area (Å²) in [4.78, 5) is 23.7. The van der Waals surface area contributed by atoms with Crippen LogP contribution in [0.5, 0.6) is 11.5 Å². The lowest BCUT2D eigenvalue weighted by Gasteiger charge is -2.11. The Morgan fingerprint density at radius 2 is 1.65 bits per heavy atom. The molecule has 120 valence electrons. The Bertz CT molecular complexity index is 706. The first kappa shape index (κ1) is 16.6. The van der Waals surface area contributed by atoms with Gasteiger partial charge in [0.05, 0.1) is 17.7 Å². The average molecular weight is 335 g/mol. The normalized spacial score (nSPS) is 9.83. The van der Waals surface area contributed by atoms with E-state index in [1.165, 1.54) is 7.11 Å². The van der Waals surface area contributed by atoms with E-state index in [-0.39, 0.29) is 6.61 Å². The summed E-state index contributed by atoms with van der Waals surface area (Å²) in [6, 6.07) is 13.5. The van der Waals surface area contributed by atoms with Gasteiger partial charge < -0.3 is 9.47 Å². The number of ether oxygens (including phenoxy) is 2. The molecule has 2 rings (SSSR count). The number of hydrazine groups is 1. The monoisotopic (exact) mass is 334 g/mol. The van der Waals surface area contributed by atoms with E-state index in [1.807, 2.05) is 0 Å². The summed E-state index contributed by atoms with van der Waals surface area (Å²) < 4.78 is 10.3. The fourth-order valence-electron chi connectivity index (χ4n) is 1.77. The van der Waals surface area contributed by atoms with Crippen molar-refractivity contribution in [1.29, 1.82) is 0 Å². The van der Waals surface area contributed by atoms with Crippen molar-refractivity contribution in [3.05, 3.63) is 59.1 Å². The van der Waals surface area contributed by atoms with E-state index in [1.54, 1.807) is 48.5 Å². The molecule has 23 heavy (non-hydrogen) atoms. The number of methoxy groups -OCH3 is 1. The van der Waals surface area contributed by atoms with Crippen LogP contribution in [0.1, 0.15) is 10.4 Å². The lowest BCUT2D eigenvalue weighted by molar-refractivity contribution is -0.123. The van der Waals surface area contributed by atoms with Crippen molar-refractivity contribution in [2.24, 2.45) is 0 Å². The first-order valence-electron chi connectivity index (χ1n) is 6.71. The molecule has 0 aliphatic carbocycles. The van der Waals surface area contributed by atoms with Gasteiger partial charge in [-0.3, -0.25) is 20.4 Å². The van der Waals surface area contributed by atoms with Crippen molar-refractivity contribution in [3.8, 4) is 11.5 Å². The second-order valence-electron chi connectivity index (χ2n) is 4.42. The maximum atomic E-state index is 12.0. The van der Waals surface area contributed by atoms with Crippen molar-refractivity contribution in [1.82, 2.24) is 10.9 Å². The molecule has 0 bridgehead atoms. The Hall–Kier alpha value is -2.73. The van der Waals surface area contributed by atoms with Gasteiger partial charge in [0, 0.05) is 0 Å². The molecule has 7 heteroatoms. The van der Waals surface area contributed by atoms with Gasteiger partial charge in [0.15, 0.2) is 6.61 Å². The molecule has 2 aromatic carbocycles. The SMILES string of the molecule is COc1ccccc1C(=O)NNC(=O)COc1ccccc1Cl. The van der Waals surface area contributed by atoms with Crippen LogP contribution in [0.3, 0.4) is 0 Å². The lowest BCUT2D eigenvalue weighted by atomic mass is 10.2. The summed E-state index contributed by atoms with van der Waals surface area (Å²) in [5, 5.41) is 0.401. The second kappa shape index (κ2) is 8.05. The molecule has 0 spiro atoms. The summed E-state index contributed by atoms with van der Waals surface area (Å²) in [5.74, 6) is -0.214. The number of rotatable bonds is 5. The van der Waals surface area contributed by atoms with Gasteiger partial charge in [0.1, 0.15) is 11.5 Å². The highest BCUT2D eigenvalue weighted by atomic mass is 35.5. The Kier molecular flexibility index (Phi) is 5.82. The predicted octanol–water partition coefficient (Wildman–Crippen LogP) is 2.19. The molecule has 0 unspecified atom stereocenters. The highest BCUT2D eigenvalue weighted by Gasteiger charge is 2.12. The summed E-state index contributed by atoms with van der Waals surface area (Å²) in [5.41, 5.74) is 4.86. The third-order valence-electron chi connectivity index (χ3n) is 2.86. The predicted molar refractivity (Wildman–Crippen MR) is 85.5 cm³/mol. The fraction of sp³-hybridized carbons (Fsp3) is 0.125. The van der Waals surface area contributed by atoms with E-state index >= 15 is 0 Å². The number of halogens is 1. The van der Waals surface area contributed by atoms with Gasteiger partial charge in [-0.05, 0) is 24.3 Å². The minimum absolute atomic E-state index is 0.282. The maximum absolute atomic E-state index is 12.0. The Balaban J connectivity index is 1.84. The van der Waals surface area contributed by atoms with Crippen molar-refractivity contribution >= 4 is 23.4 Å². The van der Waals surface area contributed by atoms with Crippen molar-refractivity contribution in [2.75, 3.05) is 13.7 Å². The van der Waals surface area contributed by atoms with E-state index in [0.717, 1.165) is 0 Å². The van der Waals surface area contributed by atoms with Crippen LogP contribution in [0.2, 0.25) is 5.02 Å². The molecular formula is C16H15ClN2O4. The number of para-hydroxylation sites is 2. The van der Waals surface area contributed by atoms with Crippen LogP contribution in [-0.2, 0) is 4.79 Å². The maximum Gasteiger partial charge on any atom is 0.276 e. The highest BCUT2D eigenvalue weighted by molar-refractivity contribution is 6.32. The summed E-state index contributed by atoms with van der Waals surface area (Å²) in [6.07, 6.45) is 0. The topological polar surface area (TPSA) is 76.7 Å². The van der Waals surface area contributed by atoms with E-state index < -0.39 is 11.8 Å².